The van der Waals surface area contributed by atoms with Crippen LogP contribution in [0.15, 0.2) is 54.1 Å². The highest BCUT2D eigenvalue weighted by Gasteiger charge is 2.38. The largest absolute Gasteiger partial charge is 0.120 e. The number of fused-ring (bicyclic) bond motifs is 1. The third-order valence-corrected chi connectivity index (χ3v) is 5.01. The SMILES string of the molecule is C#CCCCC(C)(C1=CC=CC1)C1C=Cc2ccccc21. The van der Waals surface area contributed by atoms with Gasteiger partial charge < -0.3 is 0 Å². The summed E-state index contributed by atoms with van der Waals surface area (Å²) in [5, 5.41) is 0. The molecule has 0 heterocycles. The summed E-state index contributed by atoms with van der Waals surface area (Å²) < 4.78 is 0. The number of allylic oxidation sites excluding steroid dienone is 5. The molecular weight excluding hydrogens is 252 g/mol. The average Bonchev–Trinajstić information content (AvgIpc) is 3.17. The number of terminal acetylenes is 1. The minimum absolute atomic E-state index is 0.170. The predicted octanol–water partition coefficient (Wildman–Crippen LogP) is 5.49. The fraction of sp³-hybridized carbons (Fsp3) is 0.333. The third-order valence-electron chi connectivity index (χ3n) is 5.01. The Kier molecular flexibility index (Phi) is 3.84. The van der Waals surface area contributed by atoms with E-state index in [1.54, 1.807) is 5.57 Å². The van der Waals surface area contributed by atoms with Gasteiger partial charge in [0, 0.05) is 12.3 Å². The third kappa shape index (κ3) is 2.49. The first-order chi connectivity index (χ1) is 10.3. The fourth-order valence-corrected chi connectivity index (χ4v) is 3.75. The molecule has 0 fully saturated rings. The van der Waals surface area contributed by atoms with Gasteiger partial charge in [0.25, 0.3) is 0 Å². The molecule has 0 N–H and O–H groups in total. The molecule has 0 amide bonds. The summed E-state index contributed by atoms with van der Waals surface area (Å²) in [5.74, 6) is 3.26. The molecule has 2 unspecified atom stereocenters. The van der Waals surface area contributed by atoms with Crippen LogP contribution in [0.5, 0.6) is 0 Å². The smallest absolute Gasteiger partial charge is 0.0118 e. The van der Waals surface area contributed by atoms with Gasteiger partial charge in [0.05, 0.1) is 0 Å². The lowest BCUT2D eigenvalue weighted by Crippen LogP contribution is -2.26. The van der Waals surface area contributed by atoms with E-state index in [1.165, 1.54) is 11.1 Å². The molecule has 3 rings (SSSR count). The molecule has 2 atom stereocenters. The predicted molar refractivity (Wildman–Crippen MR) is 90.8 cm³/mol. The lowest BCUT2D eigenvalue weighted by molar-refractivity contribution is 0.316. The molecule has 2 aliphatic carbocycles. The molecule has 0 radical (unpaired) electrons. The van der Waals surface area contributed by atoms with Crippen LogP contribution >= 0.6 is 0 Å². The van der Waals surface area contributed by atoms with Crippen molar-refractivity contribution >= 4 is 6.08 Å². The Morgan fingerprint density at radius 1 is 1.33 bits per heavy atom. The quantitative estimate of drug-likeness (QED) is 0.492. The zero-order valence-electron chi connectivity index (χ0n) is 12.7. The van der Waals surface area contributed by atoms with E-state index < -0.39 is 0 Å². The van der Waals surface area contributed by atoms with Crippen molar-refractivity contribution in [2.45, 2.75) is 38.5 Å². The maximum absolute atomic E-state index is 5.45. The second-order valence-corrected chi connectivity index (χ2v) is 6.27. The van der Waals surface area contributed by atoms with Crippen LogP contribution in [0.3, 0.4) is 0 Å². The van der Waals surface area contributed by atoms with Crippen LogP contribution in [0.25, 0.3) is 6.08 Å². The van der Waals surface area contributed by atoms with Crippen molar-refractivity contribution in [3.63, 3.8) is 0 Å². The number of hydrogen-bond donors (Lipinski definition) is 0. The molecule has 1 aromatic rings. The number of unbranched alkanes of at least 4 members (excludes halogenated alkanes) is 1. The van der Waals surface area contributed by atoms with Gasteiger partial charge in [-0.25, -0.2) is 0 Å². The van der Waals surface area contributed by atoms with Crippen LogP contribution in [0.1, 0.15) is 49.7 Å². The Bertz CT molecular complexity index is 651. The Morgan fingerprint density at radius 3 is 2.95 bits per heavy atom. The van der Waals surface area contributed by atoms with Gasteiger partial charge in [-0.2, -0.15) is 0 Å². The lowest BCUT2D eigenvalue weighted by Gasteiger charge is -2.37. The molecule has 0 spiro atoms. The molecule has 0 heteroatoms. The van der Waals surface area contributed by atoms with Crippen molar-refractivity contribution in [3.05, 3.63) is 65.3 Å². The number of hydrogen-bond acceptors (Lipinski definition) is 0. The normalized spacial score (nSPS) is 21.7. The molecule has 2 aliphatic rings. The van der Waals surface area contributed by atoms with E-state index in [0.717, 1.165) is 25.7 Å². The monoisotopic (exact) mass is 274 g/mol. The average molecular weight is 274 g/mol. The number of rotatable bonds is 5. The first kappa shape index (κ1) is 14.0. The van der Waals surface area contributed by atoms with E-state index in [2.05, 4.69) is 67.5 Å². The van der Waals surface area contributed by atoms with Crippen LogP contribution in [0, 0.1) is 17.8 Å². The number of benzene rings is 1. The summed E-state index contributed by atoms with van der Waals surface area (Å²) in [4.78, 5) is 0. The molecular formula is C21H22. The van der Waals surface area contributed by atoms with Crippen molar-refractivity contribution < 1.29 is 0 Å². The van der Waals surface area contributed by atoms with Gasteiger partial charge >= 0.3 is 0 Å². The summed E-state index contributed by atoms with van der Waals surface area (Å²) >= 11 is 0. The van der Waals surface area contributed by atoms with Crippen LogP contribution in [0.2, 0.25) is 0 Å². The molecule has 0 aromatic heterocycles. The van der Waals surface area contributed by atoms with Crippen molar-refractivity contribution in [3.8, 4) is 12.3 Å². The molecule has 0 saturated heterocycles. The Labute approximate surface area is 128 Å². The summed E-state index contributed by atoms with van der Waals surface area (Å²) in [5.41, 5.74) is 4.56. The lowest BCUT2D eigenvalue weighted by atomic mass is 9.66. The second kappa shape index (κ2) is 5.78. The summed E-state index contributed by atoms with van der Waals surface area (Å²) in [6, 6.07) is 8.77. The van der Waals surface area contributed by atoms with E-state index >= 15 is 0 Å². The van der Waals surface area contributed by atoms with Gasteiger partial charge in [-0.05, 0) is 35.8 Å². The van der Waals surface area contributed by atoms with E-state index in [1.807, 2.05) is 0 Å². The highest BCUT2D eigenvalue weighted by atomic mass is 14.4. The van der Waals surface area contributed by atoms with Crippen molar-refractivity contribution in [1.82, 2.24) is 0 Å². The molecule has 0 saturated carbocycles. The van der Waals surface area contributed by atoms with E-state index in [4.69, 9.17) is 6.42 Å². The molecule has 21 heavy (non-hydrogen) atoms. The highest BCUT2D eigenvalue weighted by molar-refractivity contribution is 5.63. The van der Waals surface area contributed by atoms with Crippen LogP contribution in [0.4, 0.5) is 0 Å². The first-order valence-corrected chi connectivity index (χ1v) is 7.82. The fourth-order valence-electron chi connectivity index (χ4n) is 3.75. The van der Waals surface area contributed by atoms with Crippen LogP contribution in [-0.2, 0) is 0 Å². The summed E-state index contributed by atoms with van der Waals surface area (Å²) in [6.07, 6.45) is 21.1. The Morgan fingerprint density at radius 2 is 2.19 bits per heavy atom. The highest BCUT2D eigenvalue weighted by Crippen LogP contribution is 2.51. The molecule has 0 aliphatic heterocycles. The Balaban J connectivity index is 1.93. The van der Waals surface area contributed by atoms with E-state index in [9.17, 15) is 0 Å². The molecule has 0 nitrogen and oxygen atoms in total. The van der Waals surface area contributed by atoms with Crippen molar-refractivity contribution in [1.29, 1.82) is 0 Å². The first-order valence-electron chi connectivity index (χ1n) is 7.82. The Hall–Kier alpha value is -2.00. The van der Waals surface area contributed by atoms with Gasteiger partial charge in [-0.15, -0.1) is 12.3 Å². The van der Waals surface area contributed by atoms with E-state index in [0.29, 0.717) is 5.92 Å². The van der Waals surface area contributed by atoms with E-state index in [-0.39, 0.29) is 5.41 Å². The van der Waals surface area contributed by atoms with Gasteiger partial charge in [-0.1, -0.05) is 67.1 Å². The van der Waals surface area contributed by atoms with Gasteiger partial charge in [0.1, 0.15) is 0 Å². The molecule has 106 valence electrons. The summed E-state index contributed by atoms with van der Waals surface area (Å²) in [7, 11) is 0. The molecule has 1 aromatic carbocycles. The maximum atomic E-state index is 5.45. The standard InChI is InChI=1S/C21H22/c1-3-4-9-16-21(2,18-11-6-7-12-18)20-15-14-17-10-5-8-13-19(17)20/h1,5-8,10-11,13-15,20H,4,9,12,16H2,2H3. The van der Waals surface area contributed by atoms with Crippen molar-refractivity contribution in [2.75, 3.05) is 0 Å². The van der Waals surface area contributed by atoms with Crippen LogP contribution < -0.4 is 0 Å². The van der Waals surface area contributed by atoms with Gasteiger partial charge in [0.2, 0.25) is 0 Å². The van der Waals surface area contributed by atoms with Gasteiger partial charge in [0.15, 0.2) is 0 Å². The second-order valence-electron chi connectivity index (χ2n) is 6.27. The topological polar surface area (TPSA) is 0 Å². The zero-order valence-corrected chi connectivity index (χ0v) is 12.7. The van der Waals surface area contributed by atoms with Crippen molar-refractivity contribution in [2.24, 2.45) is 5.41 Å². The minimum atomic E-state index is 0.170. The molecule has 0 bridgehead atoms. The zero-order chi connectivity index (χ0) is 14.7. The van der Waals surface area contributed by atoms with Crippen LogP contribution in [-0.4, -0.2) is 0 Å². The maximum Gasteiger partial charge on any atom is 0.0118 e. The van der Waals surface area contributed by atoms with Gasteiger partial charge in [-0.3, -0.25) is 0 Å². The minimum Gasteiger partial charge on any atom is -0.120 e. The summed E-state index contributed by atoms with van der Waals surface area (Å²) in [6.45, 7) is 2.42.